The van der Waals surface area contributed by atoms with Gasteiger partial charge in [-0.15, -0.1) is 0 Å². The summed E-state index contributed by atoms with van der Waals surface area (Å²) >= 11 is -1.04. The van der Waals surface area contributed by atoms with E-state index >= 15 is 0 Å². The first-order chi connectivity index (χ1) is 11.6. The Bertz CT molecular complexity index is 763. The van der Waals surface area contributed by atoms with Gasteiger partial charge < -0.3 is 0 Å². The van der Waals surface area contributed by atoms with E-state index in [1.54, 1.807) is 24.6 Å². The van der Waals surface area contributed by atoms with Crippen LogP contribution in [0.3, 0.4) is 0 Å². The normalized spacial score (nSPS) is 16.9. The molecule has 1 aliphatic rings. The standard InChI is InChI=1S/C19H18AsFNO2/c21-16-9-3-1-6-13(16)8-5-11-18(23)20-15-12-14-7-2-4-10-17(14)22-19(15)24/h1-7,9-10,15,20H,8,11-12H2,(H,22,24). The van der Waals surface area contributed by atoms with Crippen molar-refractivity contribution >= 4 is 31.9 Å². The Morgan fingerprint density at radius 3 is 2.79 bits per heavy atom. The first kappa shape index (κ1) is 16.9. The molecule has 0 saturated carbocycles. The van der Waals surface area contributed by atoms with Crippen molar-refractivity contribution in [1.82, 2.24) is 0 Å². The number of rotatable bonds is 6. The van der Waals surface area contributed by atoms with E-state index in [2.05, 4.69) is 5.32 Å². The average molecular weight is 386 g/mol. The average Bonchev–Trinajstić information content (AvgIpc) is 2.57. The Morgan fingerprint density at radius 2 is 1.96 bits per heavy atom. The molecule has 2 atom stereocenters. The molecule has 0 aromatic heterocycles. The van der Waals surface area contributed by atoms with Crippen LogP contribution in [-0.4, -0.2) is 26.2 Å². The zero-order valence-electron chi connectivity index (χ0n) is 13.1. The van der Waals surface area contributed by atoms with Crippen LogP contribution in [0.15, 0.2) is 48.5 Å². The molecule has 0 aliphatic carbocycles. The van der Waals surface area contributed by atoms with Crippen LogP contribution in [0.25, 0.3) is 0 Å². The summed E-state index contributed by atoms with van der Waals surface area (Å²) < 4.78 is 13.5. The molecule has 2 aromatic carbocycles. The van der Waals surface area contributed by atoms with Crippen molar-refractivity contribution in [2.45, 2.75) is 24.0 Å². The molecule has 1 aliphatic heterocycles. The molecule has 0 saturated heterocycles. The van der Waals surface area contributed by atoms with Gasteiger partial charge in [0.25, 0.3) is 0 Å². The predicted octanol–water partition coefficient (Wildman–Crippen LogP) is 2.91. The third-order valence-corrected chi connectivity index (χ3v) is 6.82. The summed E-state index contributed by atoms with van der Waals surface area (Å²) in [5.41, 5.74) is 2.53. The van der Waals surface area contributed by atoms with Crippen LogP contribution in [-0.2, 0) is 22.4 Å². The molecule has 1 heterocycles. The second-order valence-electron chi connectivity index (χ2n) is 5.76. The van der Waals surface area contributed by atoms with Gasteiger partial charge in [-0.25, -0.2) is 0 Å². The van der Waals surface area contributed by atoms with Crippen molar-refractivity contribution in [3.8, 4) is 0 Å². The SMILES string of the molecule is O=C(C[CH]Cc1ccccc1F)[AsH]C1Cc2ccccc2NC1=O. The van der Waals surface area contributed by atoms with Gasteiger partial charge in [0.15, 0.2) is 0 Å². The summed E-state index contributed by atoms with van der Waals surface area (Å²) in [5.74, 6) is -0.295. The zero-order valence-corrected chi connectivity index (χ0v) is 15.2. The fourth-order valence-corrected chi connectivity index (χ4v) is 5.21. The number of carbonyl (C=O) groups is 2. The number of carbonyl (C=O) groups excluding carboxylic acids is 2. The topological polar surface area (TPSA) is 46.2 Å². The molecule has 0 spiro atoms. The number of hydrogen-bond acceptors (Lipinski definition) is 2. The third kappa shape index (κ3) is 4.12. The van der Waals surface area contributed by atoms with Crippen LogP contribution in [0.2, 0.25) is 4.71 Å². The fraction of sp³-hybridized carbons (Fsp3) is 0.211. The second-order valence-corrected chi connectivity index (χ2v) is 9.00. The molecule has 1 N–H and O–H groups in total. The van der Waals surface area contributed by atoms with Crippen molar-refractivity contribution in [1.29, 1.82) is 0 Å². The predicted molar refractivity (Wildman–Crippen MR) is 93.7 cm³/mol. The van der Waals surface area contributed by atoms with Crippen molar-refractivity contribution in [2.24, 2.45) is 0 Å². The van der Waals surface area contributed by atoms with Crippen molar-refractivity contribution in [2.75, 3.05) is 5.32 Å². The summed E-state index contributed by atoms with van der Waals surface area (Å²) in [4.78, 5) is 24.3. The minimum absolute atomic E-state index is 0.0452. The molecule has 3 nitrogen and oxygen atoms in total. The number of hydrogen-bond donors (Lipinski definition) is 1. The van der Waals surface area contributed by atoms with Gasteiger partial charge >= 0.3 is 147 Å². The maximum absolute atomic E-state index is 13.5. The van der Waals surface area contributed by atoms with Gasteiger partial charge in [0.1, 0.15) is 0 Å². The number of para-hydroxylation sites is 1. The molecule has 0 bridgehead atoms. The molecule has 0 fully saturated rings. The van der Waals surface area contributed by atoms with Gasteiger partial charge in [-0.05, 0) is 0 Å². The van der Waals surface area contributed by atoms with Crippen LogP contribution in [0, 0.1) is 12.2 Å². The van der Waals surface area contributed by atoms with Gasteiger partial charge in [0.2, 0.25) is 0 Å². The molecule has 2 unspecified atom stereocenters. The molecular formula is C19H18AsFNO2. The van der Waals surface area contributed by atoms with E-state index < -0.39 is 15.8 Å². The van der Waals surface area contributed by atoms with E-state index in [-0.39, 0.29) is 21.0 Å². The van der Waals surface area contributed by atoms with E-state index in [0.29, 0.717) is 24.8 Å². The summed E-state index contributed by atoms with van der Waals surface area (Å²) in [6.07, 6.45) is 3.18. The van der Waals surface area contributed by atoms with Crippen LogP contribution in [0.4, 0.5) is 10.1 Å². The number of nitrogens with one attached hydrogen (secondary N) is 1. The van der Waals surface area contributed by atoms with Gasteiger partial charge in [-0.1, -0.05) is 0 Å². The van der Waals surface area contributed by atoms with E-state index in [1.807, 2.05) is 24.3 Å². The fourth-order valence-electron chi connectivity index (χ4n) is 2.75. The zero-order chi connectivity index (χ0) is 16.9. The Kier molecular flexibility index (Phi) is 5.47. The molecular weight excluding hydrogens is 368 g/mol. The van der Waals surface area contributed by atoms with E-state index in [0.717, 1.165) is 11.3 Å². The number of benzene rings is 2. The quantitative estimate of drug-likeness (QED) is 0.777. The first-order valence-corrected chi connectivity index (χ1v) is 10.1. The monoisotopic (exact) mass is 386 g/mol. The third-order valence-electron chi connectivity index (χ3n) is 4.00. The molecule has 3 rings (SSSR count). The first-order valence-electron chi connectivity index (χ1n) is 7.86. The van der Waals surface area contributed by atoms with Crippen molar-refractivity contribution in [3.63, 3.8) is 0 Å². The Labute approximate surface area is 147 Å². The van der Waals surface area contributed by atoms with Gasteiger partial charge in [0, 0.05) is 0 Å². The van der Waals surface area contributed by atoms with Crippen LogP contribution < -0.4 is 5.32 Å². The number of anilines is 1. The Balaban J connectivity index is 1.50. The summed E-state index contributed by atoms with van der Waals surface area (Å²) in [6, 6.07) is 14.3. The summed E-state index contributed by atoms with van der Waals surface area (Å²) in [7, 11) is 0. The van der Waals surface area contributed by atoms with E-state index in [1.165, 1.54) is 6.07 Å². The number of halogens is 1. The molecule has 24 heavy (non-hydrogen) atoms. The molecule has 123 valence electrons. The molecule has 2 aromatic rings. The minimum atomic E-state index is -1.04. The summed E-state index contributed by atoms with van der Waals surface area (Å²) in [5, 5.41) is 2.89. The van der Waals surface area contributed by atoms with E-state index in [9.17, 15) is 14.0 Å². The van der Waals surface area contributed by atoms with Crippen LogP contribution in [0.5, 0.6) is 0 Å². The molecule has 5 heteroatoms. The van der Waals surface area contributed by atoms with E-state index in [4.69, 9.17) is 0 Å². The van der Waals surface area contributed by atoms with Crippen molar-refractivity contribution in [3.05, 3.63) is 71.9 Å². The summed E-state index contributed by atoms with van der Waals surface area (Å²) in [6.45, 7) is 0. The van der Waals surface area contributed by atoms with Gasteiger partial charge in [-0.2, -0.15) is 0 Å². The van der Waals surface area contributed by atoms with Crippen molar-refractivity contribution < 1.29 is 14.0 Å². The Morgan fingerprint density at radius 1 is 1.21 bits per heavy atom. The number of fused-ring (bicyclic) bond motifs is 1. The number of amides is 1. The second kappa shape index (κ2) is 7.76. The van der Waals surface area contributed by atoms with Crippen LogP contribution in [0.1, 0.15) is 17.5 Å². The van der Waals surface area contributed by atoms with Gasteiger partial charge in [-0.3, -0.25) is 0 Å². The maximum atomic E-state index is 13.5. The Hall–Kier alpha value is -1.93. The molecule has 1 radical (unpaired) electrons. The van der Waals surface area contributed by atoms with Crippen LogP contribution >= 0.6 is 0 Å². The molecule has 1 amide bonds. The van der Waals surface area contributed by atoms with Gasteiger partial charge in [0.05, 0.1) is 0 Å².